The van der Waals surface area contributed by atoms with E-state index >= 15 is 0 Å². The van der Waals surface area contributed by atoms with Gasteiger partial charge in [0.1, 0.15) is 0 Å². The molecule has 112 valence electrons. The highest BCUT2D eigenvalue weighted by Gasteiger charge is 2.18. The lowest BCUT2D eigenvalue weighted by Gasteiger charge is -2.01. The van der Waals surface area contributed by atoms with Crippen LogP contribution < -0.4 is 11.1 Å². The fourth-order valence-corrected chi connectivity index (χ4v) is 2.83. The first-order chi connectivity index (χ1) is 10.5. The highest BCUT2D eigenvalue weighted by molar-refractivity contribution is 7.12. The zero-order chi connectivity index (χ0) is 15.7. The number of hydrogen-bond acceptors (Lipinski definition) is 6. The summed E-state index contributed by atoms with van der Waals surface area (Å²) in [5.74, 6) is 0.0887. The Morgan fingerprint density at radius 3 is 2.59 bits per heavy atom. The number of nitrogen functional groups attached to an aromatic ring is 1. The van der Waals surface area contributed by atoms with Crippen molar-refractivity contribution >= 4 is 34.8 Å². The first kappa shape index (κ1) is 14.3. The summed E-state index contributed by atoms with van der Waals surface area (Å²) in [4.78, 5) is 17.1. The van der Waals surface area contributed by atoms with Crippen LogP contribution in [-0.4, -0.2) is 20.7 Å². The third kappa shape index (κ3) is 2.71. The van der Waals surface area contributed by atoms with Crippen molar-refractivity contribution < 1.29 is 4.79 Å². The van der Waals surface area contributed by atoms with E-state index in [1.165, 1.54) is 11.3 Å². The molecule has 0 bridgehead atoms. The summed E-state index contributed by atoms with van der Waals surface area (Å²) < 4.78 is 1.12. The number of benzene rings is 1. The standard InChI is InChI=1S/C15H15N5OS/c1-9-3-5-11(6-4-9)17-15-18-14(16)20(19-15)13(21)12-10(2)7-8-22-12/h3-8H,1-2H3,(H3,16,17,18,19). The Hall–Kier alpha value is -2.67. The zero-order valence-electron chi connectivity index (χ0n) is 12.2. The van der Waals surface area contributed by atoms with Crippen LogP contribution in [0.3, 0.4) is 0 Å². The lowest BCUT2D eigenvalue weighted by atomic mass is 10.2. The Balaban J connectivity index is 1.86. The van der Waals surface area contributed by atoms with Crippen LogP contribution in [0.1, 0.15) is 20.8 Å². The monoisotopic (exact) mass is 313 g/mol. The third-order valence-electron chi connectivity index (χ3n) is 3.19. The van der Waals surface area contributed by atoms with Crippen LogP contribution in [0.5, 0.6) is 0 Å². The fraction of sp³-hybridized carbons (Fsp3) is 0.133. The number of anilines is 3. The van der Waals surface area contributed by atoms with Gasteiger partial charge < -0.3 is 11.1 Å². The molecule has 6 nitrogen and oxygen atoms in total. The van der Waals surface area contributed by atoms with Gasteiger partial charge in [-0.05, 0) is 43.0 Å². The van der Waals surface area contributed by atoms with Crippen LogP contribution in [0, 0.1) is 13.8 Å². The molecule has 0 aliphatic carbocycles. The molecule has 0 aliphatic rings. The second-order valence-corrected chi connectivity index (χ2v) is 5.85. The number of hydrogen-bond donors (Lipinski definition) is 2. The van der Waals surface area contributed by atoms with Crippen LogP contribution in [0.2, 0.25) is 0 Å². The average molecular weight is 313 g/mol. The number of aromatic nitrogens is 3. The molecule has 0 saturated heterocycles. The Morgan fingerprint density at radius 2 is 1.95 bits per heavy atom. The predicted octanol–water partition coefficient (Wildman–Crippen LogP) is 2.97. The van der Waals surface area contributed by atoms with Gasteiger partial charge in [-0.15, -0.1) is 16.4 Å². The third-order valence-corrected chi connectivity index (χ3v) is 4.19. The van der Waals surface area contributed by atoms with Gasteiger partial charge in [-0.25, -0.2) is 0 Å². The van der Waals surface area contributed by atoms with E-state index in [0.717, 1.165) is 21.5 Å². The van der Waals surface area contributed by atoms with Crippen molar-refractivity contribution in [3.05, 3.63) is 51.7 Å². The van der Waals surface area contributed by atoms with E-state index in [1.54, 1.807) is 0 Å². The van der Waals surface area contributed by atoms with Crippen molar-refractivity contribution in [1.29, 1.82) is 0 Å². The molecule has 0 unspecified atom stereocenters. The van der Waals surface area contributed by atoms with Crippen molar-refractivity contribution in [3.8, 4) is 0 Å². The van der Waals surface area contributed by atoms with Gasteiger partial charge in [0.25, 0.3) is 5.91 Å². The topological polar surface area (TPSA) is 85.8 Å². The maximum absolute atomic E-state index is 12.4. The summed E-state index contributed by atoms with van der Waals surface area (Å²) in [6.07, 6.45) is 0. The number of aryl methyl sites for hydroxylation is 2. The zero-order valence-corrected chi connectivity index (χ0v) is 13.0. The van der Waals surface area contributed by atoms with E-state index in [9.17, 15) is 4.79 Å². The quantitative estimate of drug-likeness (QED) is 0.776. The second-order valence-electron chi connectivity index (χ2n) is 4.93. The minimum atomic E-state index is -0.269. The number of carbonyl (C=O) groups excluding carboxylic acids is 1. The van der Waals surface area contributed by atoms with E-state index in [-0.39, 0.29) is 11.9 Å². The lowest BCUT2D eigenvalue weighted by molar-refractivity contribution is 0.0951. The van der Waals surface area contributed by atoms with E-state index in [1.807, 2.05) is 49.6 Å². The van der Waals surface area contributed by atoms with Crippen molar-refractivity contribution in [3.63, 3.8) is 0 Å². The Morgan fingerprint density at radius 1 is 1.23 bits per heavy atom. The summed E-state index contributed by atoms with van der Waals surface area (Å²) in [7, 11) is 0. The highest BCUT2D eigenvalue weighted by atomic mass is 32.1. The Labute approximate surface area is 131 Å². The maximum atomic E-state index is 12.4. The van der Waals surface area contributed by atoms with Gasteiger partial charge >= 0.3 is 0 Å². The molecule has 7 heteroatoms. The van der Waals surface area contributed by atoms with E-state index in [0.29, 0.717) is 10.8 Å². The molecule has 0 amide bonds. The predicted molar refractivity (Wildman–Crippen MR) is 87.7 cm³/mol. The van der Waals surface area contributed by atoms with Crippen LogP contribution in [0.25, 0.3) is 0 Å². The molecule has 0 fully saturated rings. The first-order valence-electron chi connectivity index (χ1n) is 6.69. The molecule has 0 saturated carbocycles. The maximum Gasteiger partial charge on any atom is 0.291 e. The molecule has 3 rings (SSSR count). The van der Waals surface area contributed by atoms with Crippen molar-refractivity contribution in [2.24, 2.45) is 0 Å². The van der Waals surface area contributed by atoms with E-state index in [4.69, 9.17) is 5.73 Å². The van der Waals surface area contributed by atoms with Gasteiger partial charge in [0.15, 0.2) is 0 Å². The van der Waals surface area contributed by atoms with Crippen LogP contribution in [0.4, 0.5) is 17.6 Å². The van der Waals surface area contributed by atoms with Gasteiger partial charge in [-0.3, -0.25) is 4.79 Å². The lowest BCUT2D eigenvalue weighted by Crippen LogP contribution is -2.16. The molecular formula is C15H15N5OS. The minimum Gasteiger partial charge on any atom is -0.368 e. The Kier molecular flexibility index (Phi) is 3.64. The van der Waals surface area contributed by atoms with Gasteiger partial charge in [-0.1, -0.05) is 17.7 Å². The summed E-state index contributed by atoms with van der Waals surface area (Å²) >= 11 is 1.36. The molecule has 1 aromatic carbocycles. The molecule has 2 aromatic heterocycles. The molecule has 0 radical (unpaired) electrons. The summed E-state index contributed by atoms with van der Waals surface area (Å²) in [5, 5.41) is 9.05. The number of carbonyl (C=O) groups is 1. The minimum absolute atomic E-state index is 0.0624. The van der Waals surface area contributed by atoms with Crippen molar-refractivity contribution in [2.45, 2.75) is 13.8 Å². The number of nitrogens with two attached hydrogens (primary N) is 1. The smallest absolute Gasteiger partial charge is 0.291 e. The van der Waals surface area contributed by atoms with Gasteiger partial charge in [0.2, 0.25) is 11.9 Å². The SMILES string of the molecule is Cc1ccc(Nc2nc(N)n(C(=O)c3sccc3C)n2)cc1. The highest BCUT2D eigenvalue weighted by Crippen LogP contribution is 2.20. The molecule has 3 N–H and O–H groups in total. The average Bonchev–Trinajstić information content (AvgIpc) is 3.07. The molecule has 22 heavy (non-hydrogen) atoms. The van der Waals surface area contributed by atoms with Gasteiger partial charge in [0, 0.05) is 5.69 Å². The Bertz CT molecular complexity index is 819. The first-order valence-corrected chi connectivity index (χ1v) is 7.57. The number of thiophene rings is 1. The summed E-state index contributed by atoms with van der Waals surface area (Å²) in [6.45, 7) is 3.89. The number of rotatable bonds is 3. The van der Waals surface area contributed by atoms with Crippen molar-refractivity contribution in [2.75, 3.05) is 11.1 Å². The molecule has 0 aliphatic heterocycles. The largest absolute Gasteiger partial charge is 0.368 e. The molecule has 0 atom stereocenters. The summed E-state index contributed by atoms with van der Waals surface area (Å²) in [5.41, 5.74) is 8.71. The summed E-state index contributed by atoms with van der Waals surface area (Å²) in [6, 6.07) is 9.66. The van der Waals surface area contributed by atoms with E-state index in [2.05, 4.69) is 15.4 Å². The van der Waals surface area contributed by atoms with E-state index < -0.39 is 0 Å². The van der Waals surface area contributed by atoms with Crippen LogP contribution >= 0.6 is 11.3 Å². The molecule has 3 aromatic rings. The van der Waals surface area contributed by atoms with Crippen molar-refractivity contribution in [1.82, 2.24) is 14.8 Å². The number of nitrogens with one attached hydrogen (secondary N) is 1. The van der Waals surface area contributed by atoms with Crippen LogP contribution in [-0.2, 0) is 0 Å². The van der Waals surface area contributed by atoms with Gasteiger partial charge in [-0.2, -0.15) is 9.67 Å². The fourth-order valence-electron chi connectivity index (χ4n) is 1.98. The van der Waals surface area contributed by atoms with Gasteiger partial charge in [0.05, 0.1) is 4.88 Å². The van der Waals surface area contributed by atoms with Crippen LogP contribution in [0.15, 0.2) is 35.7 Å². The molecule has 0 spiro atoms. The molecular weight excluding hydrogens is 298 g/mol. The normalized spacial score (nSPS) is 10.6. The number of nitrogens with zero attached hydrogens (tertiary/aromatic N) is 3. The molecule has 2 heterocycles. The second kappa shape index (κ2) is 5.61.